The van der Waals surface area contributed by atoms with E-state index in [4.69, 9.17) is 15.9 Å². The quantitative estimate of drug-likeness (QED) is 0.412. The molecule has 0 aromatic carbocycles. The van der Waals surface area contributed by atoms with Crippen LogP contribution in [0.2, 0.25) is 0 Å². The van der Waals surface area contributed by atoms with E-state index in [0.29, 0.717) is 6.42 Å². The number of aliphatic hydroxyl groups excluding tert-OH is 1. The highest BCUT2D eigenvalue weighted by Gasteiger charge is 2.66. The van der Waals surface area contributed by atoms with Gasteiger partial charge in [-0.25, -0.2) is 0 Å². The third-order valence-electron chi connectivity index (χ3n) is 1.71. The second-order valence-electron chi connectivity index (χ2n) is 2.29. The molecule has 1 aliphatic rings. The van der Waals surface area contributed by atoms with Crippen LogP contribution in [0.4, 0.5) is 0 Å². The number of ether oxygens (including phenoxy) is 1. The Morgan fingerprint density at radius 1 is 1.67 bits per heavy atom. The van der Waals surface area contributed by atoms with Crippen molar-refractivity contribution in [3.05, 3.63) is 0 Å². The predicted molar refractivity (Wildman–Crippen MR) is 30.3 cm³/mol. The second-order valence-corrected chi connectivity index (χ2v) is 2.29. The van der Waals surface area contributed by atoms with Gasteiger partial charge in [0.2, 0.25) is 5.79 Å². The topological polar surface area (TPSA) is 79.0 Å². The normalized spacial score (nSPS) is 49.3. The molecule has 9 heavy (non-hydrogen) atoms. The summed E-state index contributed by atoms with van der Waals surface area (Å²) in [7, 11) is 0. The molecule has 2 unspecified atom stereocenters. The number of hydrogen-bond acceptors (Lipinski definition) is 4. The first-order valence-corrected chi connectivity index (χ1v) is 2.90. The van der Waals surface area contributed by atoms with Crippen LogP contribution < -0.4 is 5.73 Å². The fourth-order valence-corrected chi connectivity index (χ4v) is 0.790. The molecule has 0 amide bonds. The Balaban J connectivity index is 2.54. The van der Waals surface area contributed by atoms with Crippen molar-refractivity contribution in [3.8, 4) is 0 Å². The van der Waals surface area contributed by atoms with Crippen LogP contribution in [-0.4, -0.2) is 28.3 Å². The van der Waals surface area contributed by atoms with Crippen molar-refractivity contribution in [1.29, 1.82) is 0 Å². The zero-order valence-corrected chi connectivity index (χ0v) is 5.29. The first-order valence-electron chi connectivity index (χ1n) is 2.90. The fourth-order valence-electron chi connectivity index (χ4n) is 0.790. The van der Waals surface area contributed by atoms with E-state index in [0.717, 1.165) is 0 Å². The van der Waals surface area contributed by atoms with E-state index in [9.17, 15) is 0 Å². The van der Waals surface area contributed by atoms with Crippen LogP contribution in [0.15, 0.2) is 0 Å². The Labute approximate surface area is 53.2 Å². The van der Waals surface area contributed by atoms with E-state index >= 15 is 0 Å². The number of nitrogens with two attached hydrogens (primary N) is 1. The van der Waals surface area contributed by atoms with E-state index in [-0.39, 0.29) is 0 Å². The van der Waals surface area contributed by atoms with E-state index in [1.54, 1.807) is 6.92 Å². The largest absolute Gasteiger partial charge is 0.391 e. The van der Waals surface area contributed by atoms with Crippen molar-refractivity contribution < 1.29 is 14.9 Å². The van der Waals surface area contributed by atoms with Gasteiger partial charge in [0.15, 0.2) is 5.72 Å². The smallest absolute Gasteiger partial charge is 0.235 e. The van der Waals surface area contributed by atoms with Crippen LogP contribution in [0.5, 0.6) is 0 Å². The summed E-state index contributed by atoms with van der Waals surface area (Å²) in [6, 6.07) is 0. The van der Waals surface area contributed by atoms with Crippen LogP contribution in [0.3, 0.4) is 0 Å². The maximum Gasteiger partial charge on any atom is 0.235 e. The Kier molecular flexibility index (Phi) is 1.29. The van der Waals surface area contributed by atoms with Gasteiger partial charge in [-0.15, -0.1) is 0 Å². The van der Waals surface area contributed by atoms with Crippen molar-refractivity contribution in [2.24, 2.45) is 5.73 Å². The molecule has 0 spiro atoms. The molecular formula is C5H11NO3. The average molecular weight is 133 g/mol. The summed E-state index contributed by atoms with van der Waals surface area (Å²) in [6.45, 7) is 1.35. The van der Waals surface area contributed by atoms with Gasteiger partial charge in [-0.05, 0) is 6.42 Å². The van der Waals surface area contributed by atoms with Crippen LogP contribution in [0, 0.1) is 0 Å². The minimum atomic E-state index is -1.47. The molecule has 1 fully saturated rings. The van der Waals surface area contributed by atoms with Crippen molar-refractivity contribution in [2.75, 3.05) is 6.61 Å². The van der Waals surface area contributed by atoms with E-state index in [2.05, 4.69) is 4.74 Å². The number of hydrogen-bond donors (Lipinski definition) is 3. The molecule has 1 aliphatic heterocycles. The van der Waals surface area contributed by atoms with Gasteiger partial charge in [-0.2, -0.15) is 0 Å². The summed E-state index contributed by atoms with van der Waals surface area (Å²) in [5.74, 6) is -1.47. The molecule has 0 bridgehead atoms. The Bertz CT molecular complexity index is 115. The summed E-state index contributed by atoms with van der Waals surface area (Å²) in [5.41, 5.74) is 4.40. The van der Waals surface area contributed by atoms with Crippen LogP contribution >= 0.6 is 0 Å². The maximum atomic E-state index is 9.06. The third kappa shape index (κ3) is 0.753. The lowest BCUT2D eigenvalue weighted by atomic mass is 10.1. The lowest BCUT2D eigenvalue weighted by Crippen LogP contribution is -2.36. The van der Waals surface area contributed by atoms with Gasteiger partial charge < -0.3 is 14.9 Å². The molecule has 0 aromatic heterocycles. The Morgan fingerprint density at radius 3 is 2.33 bits per heavy atom. The molecule has 1 saturated heterocycles. The highest BCUT2D eigenvalue weighted by molar-refractivity contribution is 5.03. The summed E-state index contributed by atoms with van der Waals surface area (Å²) < 4.78 is 4.67. The van der Waals surface area contributed by atoms with E-state index in [1.807, 2.05) is 0 Å². The van der Waals surface area contributed by atoms with Crippen molar-refractivity contribution in [2.45, 2.75) is 24.9 Å². The van der Waals surface area contributed by atoms with Crippen LogP contribution in [-0.2, 0) is 4.74 Å². The summed E-state index contributed by atoms with van der Waals surface area (Å²) in [5, 5.41) is 17.5. The van der Waals surface area contributed by atoms with Gasteiger partial charge in [0.25, 0.3) is 0 Å². The zero-order chi connectivity index (χ0) is 7.12. The van der Waals surface area contributed by atoms with Gasteiger partial charge in [-0.3, -0.25) is 5.73 Å². The van der Waals surface area contributed by atoms with Crippen molar-refractivity contribution >= 4 is 0 Å². The molecule has 0 radical (unpaired) electrons. The first kappa shape index (κ1) is 6.95. The van der Waals surface area contributed by atoms with Gasteiger partial charge in [0, 0.05) is 0 Å². The number of aliphatic hydroxyl groups is 2. The highest BCUT2D eigenvalue weighted by atomic mass is 16.8. The molecule has 0 aliphatic carbocycles. The van der Waals surface area contributed by atoms with Gasteiger partial charge in [0.05, 0.1) is 0 Å². The molecule has 1 rings (SSSR count). The molecule has 0 aromatic rings. The average Bonchev–Trinajstić information content (AvgIpc) is 2.39. The fraction of sp³-hybridized carbons (Fsp3) is 1.00. The molecule has 4 nitrogen and oxygen atoms in total. The SMILES string of the molecule is CCC1(N)OC1(O)CO. The molecule has 4 heteroatoms. The lowest BCUT2D eigenvalue weighted by Gasteiger charge is -2.04. The molecule has 2 atom stereocenters. The van der Waals surface area contributed by atoms with Crippen LogP contribution in [0.25, 0.3) is 0 Å². The minimum absolute atomic E-state index is 0.433. The molecule has 4 N–H and O–H groups in total. The lowest BCUT2D eigenvalue weighted by molar-refractivity contribution is -0.0140. The Morgan fingerprint density at radius 2 is 2.22 bits per heavy atom. The number of rotatable bonds is 2. The van der Waals surface area contributed by atoms with Gasteiger partial charge >= 0.3 is 0 Å². The molecule has 0 saturated carbocycles. The summed E-state index contributed by atoms with van der Waals surface area (Å²) in [4.78, 5) is 0. The zero-order valence-electron chi connectivity index (χ0n) is 5.29. The van der Waals surface area contributed by atoms with Gasteiger partial charge in [-0.1, -0.05) is 6.92 Å². The standard InChI is InChI=1S/C5H11NO3/c1-2-4(6)5(8,3-7)9-4/h7-8H,2-3,6H2,1H3. The van der Waals surface area contributed by atoms with Crippen molar-refractivity contribution in [1.82, 2.24) is 0 Å². The summed E-state index contributed by atoms with van der Waals surface area (Å²) in [6.07, 6.45) is 0.504. The molecular weight excluding hydrogens is 122 g/mol. The first-order chi connectivity index (χ1) is 4.08. The minimum Gasteiger partial charge on any atom is -0.391 e. The monoisotopic (exact) mass is 133 g/mol. The molecule has 54 valence electrons. The van der Waals surface area contributed by atoms with E-state index < -0.39 is 18.1 Å². The van der Waals surface area contributed by atoms with Gasteiger partial charge in [0.1, 0.15) is 6.61 Å². The summed E-state index contributed by atoms with van der Waals surface area (Å²) >= 11 is 0. The number of epoxide rings is 1. The van der Waals surface area contributed by atoms with E-state index in [1.165, 1.54) is 0 Å². The van der Waals surface area contributed by atoms with Crippen molar-refractivity contribution in [3.63, 3.8) is 0 Å². The second kappa shape index (κ2) is 1.67. The predicted octanol–water partition coefficient (Wildman–Crippen LogP) is -1.24. The maximum absolute atomic E-state index is 9.06. The highest BCUT2D eigenvalue weighted by Crippen LogP contribution is 2.42. The molecule has 1 heterocycles. The van der Waals surface area contributed by atoms with Crippen LogP contribution in [0.1, 0.15) is 13.3 Å². The Hall–Kier alpha value is -0.160. The third-order valence-corrected chi connectivity index (χ3v) is 1.71.